The number of nitro groups is 1. The van der Waals surface area contributed by atoms with Crippen molar-refractivity contribution in [3.8, 4) is 0 Å². The van der Waals surface area contributed by atoms with Gasteiger partial charge in [-0.15, -0.1) is 0 Å². The minimum Gasteiger partial charge on any atom is -0.306 e. The predicted octanol–water partition coefficient (Wildman–Crippen LogP) is 4.10. The van der Waals surface area contributed by atoms with Crippen LogP contribution in [0.2, 0.25) is 5.02 Å². The SMILES string of the molecule is CC(NCc1ccc(Cl)cc1)c1ccc([N+](=O)[O-])cc1. The second-order valence-corrected chi connectivity index (χ2v) is 5.01. The molecule has 104 valence electrons. The number of benzene rings is 2. The van der Waals surface area contributed by atoms with Gasteiger partial charge in [0.25, 0.3) is 5.69 Å². The van der Waals surface area contributed by atoms with Gasteiger partial charge in [0.15, 0.2) is 0 Å². The molecule has 2 aromatic carbocycles. The van der Waals surface area contributed by atoms with E-state index in [4.69, 9.17) is 11.6 Å². The van der Waals surface area contributed by atoms with Crippen LogP contribution in [-0.2, 0) is 6.54 Å². The van der Waals surface area contributed by atoms with E-state index in [1.54, 1.807) is 12.1 Å². The summed E-state index contributed by atoms with van der Waals surface area (Å²) in [7, 11) is 0. The van der Waals surface area contributed by atoms with Crippen molar-refractivity contribution in [2.24, 2.45) is 0 Å². The molecule has 5 heteroatoms. The van der Waals surface area contributed by atoms with E-state index >= 15 is 0 Å². The van der Waals surface area contributed by atoms with Gasteiger partial charge in [0, 0.05) is 29.7 Å². The number of nitrogens with zero attached hydrogens (tertiary/aromatic N) is 1. The molecule has 0 radical (unpaired) electrons. The average Bonchev–Trinajstić information content (AvgIpc) is 2.46. The molecule has 0 aliphatic carbocycles. The quantitative estimate of drug-likeness (QED) is 0.666. The van der Waals surface area contributed by atoms with E-state index < -0.39 is 4.92 Å². The van der Waals surface area contributed by atoms with Gasteiger partial charge >= 0.3 is 0 Å². The maximum absolute atomic E-state index is 10.6. The lowest BCUT2D eigenvalue weighted by Crippen LogP contribution is -2.17. The normalized spacial score (nSPS) is 12.1. The lowest BCUT2D eigenvalue weighted by Gasteiger charge is -2.14. The molecular formula is C15H15ClN2O2. The second kappa shape index (κ2) is 6.50. The molecule has 0 amide bonds. The Labute approximate surface area is 122 Å². The van der Waals surface area contributed by atoms with Gasteiger partial charge in [-0.2, -0.15) is 0 Å². The number of hydrogen-bond donors (Lipinski definition) is 1. The lowest BCUT2D eigenvalue weighted by molar-refractivity contribution is -0.384. The second-order valence-electron chi connectivity index (χ2n) is 4.58. The Bertz CT molecular complexity index is 582. The minimum absolute atomic E-state index is 0.110. The van der Waals surface area contributed by atoms with E-state index in [0.717, 1.165) is 22.7 Å². The first-order valence-corrected chi connectivity index (χ1v) is 6.66. The Morgan fingerprint density at radius 2 is 1.75 bits per heavy atom. The highest BCUT2D eigenvalue weighted by Crippen LogP contribution is 2.18. The molecular weight excluding hydrogens is 276 g/mol. The van der Waals surface area contributed by atoms with E-state index in [2.05, 4.69) is 5.32 Å². The van der Waals surface area contributed by atoms with Gasteiger partial charge in [-0.3, -0.25) is 10.1 Å². The molecule has 0 heterocycles. The molecule has 1 N–H and O–H groups in total. The highest BCUT2D eigenvalue weighted by Gasteiger charge is 2.08. The van der Waals surface area contributed by atoms with Gasteiger partial charge in [0.1, 0.15) is 0 Å². The summed E-state index contributed by atoms with van der Waals surface area (Å²) in [4.78, 5) is 10.2. The van der Waals surface area contributed by atoms with Gasteiger partial charge < -0.3 is 5.32 Å². The van der Waals surface area contributed by atoms with Gasteiger partial charge in [-0.25, -0.2) is 0 Å². The van der Waals surface area contributed by atoms with Crippen molar-refractivity contribution in [1.29, 1.82) is 0 Å². The number of nitrogens with one attached hydrogen (secondary N) is 1. The fourth-order valence-corrected chi connectivity index (χ4v) is 2.00. The van der Waals surface area contributed by atoms with Crippen molar-refractivity contribution in [2.75, 3.05) is 0 Å². The first kappa shape index (κ1) is 14.5. The summed E-state index contributed by atoms with van der Waals surface area (Å²) in [5.41, 5.74) is 2.27. The molecule has 0 aliphatic heterocycles. The van der Waals surface area contributed by atoms with Gasteiger partial charge in [0.2, 0.25) is 0 Å². The van der Waals surface area contributed by atoms with Gasteiger partial charge in [0.05, 0.1) is 4.92 Å². The van der Waals surface area contributed by atoms with Crippen LogP contribution in [0.4, 0.5) is 5.69 Å². The van der Waals surface area contributed by atoms with Crippen molar-refractivity contribution in [2.45, 2.75) is 19.5 Å². The summed E-state index contributed by atoms with van der Waals surface area (Å²) >= 11 is 5.84. The first-order valence-electron chi connectivity index (χ1n) is 6.28. The van der Waals surface area contributed by atoms with Crippen LogP contribution in [0, 0.1) is 10.1 Å². The number of halogens is 1. The average molecular weight is 291 g/mol. The summed E-state index contributed by atoms with van der Waals surface area (Å²) in [5.74, 6) is 0. The van der Waals surface area contributed by atoms with Crippen LogP contribution in [0.1, 0.15) is 24.1 Å². The molecule has 4 nitrogen and oxygen atoms in total. The summed E-state index contributed by atoms with van der Waals surface area (Å²) in [5, 5.41) is 14.7. The standard InChI is InChI=1S/C15H15ClN2O2/c1-11(13-4-8-15(9-5-13)18(19)20)17-10-12-2-6-14(16)7-3-12/h2-9,11,17H,10H2,1H3. The summed E-state index contributed by atoms with van der Waals surface area (Å²) in [6.45, 7) is 2.74. The highest BCUT2D eigenvalue weighted by molar-refractivity contribution is 6.30. The predicted molar refractivity (Wildman–Crippen MR) is 79.8 cm³/mol. The third-order valence-corrected chi connectivity index (χ3v) is 3.38. The third kappa shape index (κ3) is 3.79. The molecule has 0 aromatic heterocycles. The minimum atomic E-state index is -0.393. The molecule has 1 unspecified atom stereocenters. The Hall–Kier alpha value is -1.91. The maximum Gasteiger partial charge on any atom is 0.269 e. The number of hydrogen-bond acceptors (Lipinski definition) is 3. The van der Waals surface area contributed by atoms with E-state index in [0.29, 0.717) is 0 Å². The Morgan fingerprint density at radius 1 is 1.15 bits per heavy atom. The fraction of sp³-hybridized carbons (Fsp3) is 0.200. The van der Waals surface area contributed by atoms with E-state index in [1.807, 2.05) is 31.2 Å². The van der Waals surface area contributed by atoms with Crippen LogP contribution in [0.5, 0.6) is 0 Å². The largest absolute Gasteiger partial charge is 0.306 e. The smallest absolute Gasteiger partial charge is 0.269 e. The Balaban J connectivity index is 1.95. The summed E-state index contributed by atoms with van der Waals surface area (Å²) < 4.78 is 0. The molecule has 20 heavy (non-hydrogen) atoms. The monoisotopic (exact) mass is 290 g/mol. The topological polar surface area (TPSA) is 55.2 Å². The van der Waals surface area contributed by atoms with E-state index in [-0.39, 0.29) is 11.7 Å². The zero-order valence-electron chi connectivity index (χ0n) is 11.0. The molecule has 2 rings (SSSR count). The summed E-state index contributed by atoms with van der Waals surface area (Å²) in [6.07, 6.45) is 0. The molecule has 0 aliphatic rings. The molecule has 0 spiro atoms. The van der Waals surface area contributed by atoms with Gasteiger partial charge in [-0.1, -0.05) is 35.9 Å². The molecule has 0 bridgehead atoms. The number of nitro benzene ring substituents is 1. The van der Waals surface area contributed by atoms with E-state index in [1.165, 1.54) is 12.1 Å². The van der Waals surface area contributed by atoms with Crippen LogP contribution >= 0.6 is 11.6 Å². The first-order chi connectivity index (χ1) is 9.56. The number of rotatable bonds is 5. The van der Waals surface area contributed by atoms with Crippen LogP contribution in [0.15, 0.2) is 48.5 Å². The number of non-ortho nitro benzene ring substituents is 1. The molecule has 0 saturated heterocycles. The van der Waals surface area contributed by atoms with Crippen LogP contribution < -0.4 is 5.32 Å². The van der Waals surface area contributed by atoms with Crippen LogP contribution in [-0.4, -0.2) is 4.92 Å². The van der Waals surface area contributed by atoms with Crippen molar-refractivity contribution in [3.63, 3.8) is 0 Å². The zero-order chi connectivity index (χ0) is 14.5. The van der Waals surface area contributed by atoms with Crippen LogP contribution in [0.3, 0.4) is 0 Å². The Kier molecular flexibility index (Phi) is 4.71. The maximum atomic E-state index is 10.6. The van der Waals surface area contributed by atoms with E-state index in [9.17, 15) is 10.1 Å². The molecule has 0 fully saturated rings. The molecule has 2 aromatic rings. The fourth-order valence-electron chi connectivity index (χ4n) is 1.88. The van der Waals surface area contributed by atoms with Gasteiger partial charge in [-0.05, 0) is 30.2 Å². The Morgan fingerprint density at radius 3 is 2.30 bits per heavy atom. The highest BCUT2D eigenvalue weighted by atomic mass is 35.5. The van der Waals surface area contributed by atoms with Crippen molar-refractivity contribution in [1.82, 2.24) is 5.32 Å². The molecule has 1 atom stereocenters. The van der Waals surface area contributed by atoms with Crippen molar-refractivity contribution < 1.29 is 4.92 Å². The van der Waals surface area contributed by atoms with Crippen molar-refractivity contribution >= 4 is 17.3 Å². The molecule has 0 saturated carbocycles. The lowest BCUT2D eigenvalue weighted by atomic mass is 10.1. The zero-order valence-corrected chi connectivity index (χ0v) is 11.8. The van der Waals surface area contributed by atoms with Crippen LogP contribution in [0.25, 0.3) is 0 Å². The summed E-state index contributed by atoms with van der Waals surface area (Å²) in [6, 6.07) is 14.4. The third-order valence-electron chi connectivity index (χ3n) is 3.13. The van der Waals surface area contributed by atoms with Crippen molar-refractivity contribution in [3.05, 3.63) is 74.8 Å².